The summed E-state index contributed by atoms with van der Waals surface area (Å²) in [5.74, 6) is -0.898. The lowest BCUT2D eigenvalue weighted by Crippen LogP contribution is -2.38. The smallest absolute Gasteiger partial charge is 0.308 e. The number of nitrogens with zero attached hydrogens (tertiary/aromatic N) is 4. The van der Waals surface area contributed by atoms with Gasteiger partial charge >= 0.3 is 5.97 Å². The largest absolute Gasteiger partial charge is 0.452 e. The van der Waals surface area contributed by atoms with Crippen LogP contribution in [0.25, 0.3) is 10.9 Å². The summed E-state index contributed by atoms with van der Waals surface area (Å²) in [6, 6.07) is 8.96. The third-order valence-corrected chi connectivity index (χ3v) is 3.88. The molecule has 0 spiro atoms. The Morgan fingerprint density at radius 1 is 1.38 bits per heavy atom. The second-order valence-electron chi connectivity index (χ2n) is 5.80. The van der Waals surface area contributed by atoms with Crippen molar-refractivity contribution in [1.29, 1.82) is 5.26 Å². The van der Waals surface area contributed by atoms with Gasteiger partial charge in [0.2, 0.25) is 5.43 Å². The Kier molecular flexibility index (Phi) is 6.44. The molecule has 8 nitrogen and oxygen atoms in total. The van der Waals surface area contributed by atoms with E-state index in [1.54, 1.807) is 36.0 Å². The van der Waals surface area contributed by atoms with Crippen LogP contribution < -0.4 is 5.43 Å². The molecule has 0 fully saturated rings. The van der Waals surface area contributed by atoms with Gasteiger partial charge in [0.1, 0.15) is 0 Å². The highest BCUT2D eigenvalue weighted by Crippen LogP contribution is 2.09. The van der Waals surface area contributed by atoms with Crippen molar-refractivity contribution in [3.05, 3.63) is 40.7 Å². The molecule has 2 rings (SSSR count). The molecule has 0 saturated heterocycles. The third-order valence-electron chi connectivity index (χ3n) is 3.88. The highest BCUT2D eigenvalue weighted by atomic mass is 16.5. The molecule has 0 aliphatic carbocycles. The first-order chi connectivity index (χ1) is 12.4. The normalized spacial score (nSPS) is 11.6. The second kappa shape index (κ2) is 8.76. The van der Waals surface area contributed by atoms with Gasteiger partial charge in [-0.25, -0.2) is 0 Å². The van der Waals surface area contributed by atoms with Crippen LogP contribution in [0.1, 0.15) is 19.8 Å². The molecule has 1 atom stereocenters. The molecule has 0 aliphatic rings. The molecule has 0 unspecified atom stereocenters. The van der Waals surface area contributed by atoms with Gasteiger partial charge in [-0.3, -0.25) is 19.1 Å². The molecule has 1 aromatic carbocycles. The van der Waals surface area contributed by atoms with E-state index in [1.165, 1.54) is 18.0 Å². The van der Waals surface area contributed by atoms with Crippen molar-refractivity contribution in [3.8, 4) is 6.07 Å². The number of rotatable bonds is 7. The van der Waals surface area contributed by atoms with Crippen molar-refractivity contribution >= 4 is 22.8 Å². The summed E-state index contributed by atoms with van der Waals surface area (Å²) in [5, 5.41) is 13.1. The zero-order valence-electron chi connectivity index (χ0n) is 14.7. The quantitative estimate of drug-likeness (QED) is 0.688. The van der Waals surface area contributed by atoms with Crippen LogP contribution in [-0.4, -0.2) is 46.3 Å². The minimum absolute atomic E-state index is 0.0133. The number of esters is 1. The summed E-state index contributed by atoms with van der Waals surface area (Å²) in [6.45, 7) is 2.01. The van der Waals surface area contributed by atoms with E-state index in [0.717, 1.165) is 0 Å². The summed E-state index contributed by atoms with van der Waals surface area (Å²) in [6.07, 6.45) is 0.516. The van der Waals surface area contributed by atoms with Gasteiger partial charge in [-0.2, -0.15) is 10.4 Å². The summed E-state index contributed by atoms with van der Waals surface area (Å²) in [5.41, 5.74) is 0.451. The molecule has 8 heteroatoms. The Balaban J connectivity index is 1.95. The Morgan fingerprint density at radius 3 is 2.85 bits per heavy atom. The third kappa shape index (κ3) is 4.66. The summed E-state index contributed by atoms with van der Waals surface area (Å²) in [7, 11) is 1.56. The van der Waals surface area contributed by atoms with Crippen molar-refractivity contribution in [1.82, 2.24) is 14.7 Å². The van der Waals surface area contributed by atoms with Crippen LogP contribution in [-0.2, 0) is 20.9 Å². The van der Waals surface area contributed by atoms with Crippen molar-refractivity contribution in [2.75, 3.05) is 13.6 Å². The molecule has 136 valence electrons. The maximum Gasteiger partial charge on any atom is 0.308 e. The van der Waals surface area contributed by atoms with Crippen LogP contribution in [0.15, 0.2) is 35.3 Å². The molecule has 0 radical (unpaired) electrons. The van der Waals surface area contributed by atoms with Crippen LogP contribution in [0.5, 0.6) is 0 Å². The number of amides is 1. The number of carbonyl (C=O) groups is 2. The van der Waals surface area contributed by atoms with Gasteiger partial charge < -0.3 is 9.64 Å². The number of para-hydroxylation sites is 1. The monoisotopic (exact) mass is 356 g/mol. The van der Waals surface area contributed by atoms with Crippen LogP contribution in [0, 0.1) is 11.3 Å². The lowest BCUT2D eigenvalue weighted by atomic mass is 10.2. The lowest BCUT2D eigenvalue weighted by molar-refractivity contribution is -0.158. The fraction of sp³-hybridized carbons (Fsp3) is 0.389. The predicted molar refractivity (Wildman–Crippen MR) is 94.0 cm³/mol. The number of aromatic nitrogens is 2. The van der Waals surface area contributed by atoms with E-state index in [-0.39, 0.29) is 37.3 Å². The van der Waals surface area contributed by atoms with Crippen LogP contribution in [0.3, 0.4) is 0 Å². The van der Waals surface area contributed by atoms with Gasteiger partial charge in [0.05, 0.1) is 37.2 Å². The van der Waals surface area contributed by atoms with Gasteiger partial charge in [-0.05, 0) is 19.1 Å². The molecule has 0 bridgehead atoms. The maximum atomic E-state index is 12.1. The average molecular weight is 356 g/mol. The van der Waals surface area contributed by atoms with Gasteiger partial charge in [0.25, 0.3) is 5.91 Å². The van der Waals surface area contributed by atoms with Gasteiger partial charge in [-0.15, -0.1) is 0 Å². The summed E-state index contributed by atoms with van der Waals surface area (Å²) < 4.78 is 6.71. The summed E-state index contributed by atoms with van der Waals surface area (Å²) in [4.78, 5) is 37.2. The van der Waals surface area contributed by atoms with E-state index >= 15 is 0 Å². The van der Waals surface area contributed by atoms with Crippen LogP contribution in [0.4, 0.5) is 0 Å². The van der Waals surface area contributed by atoms with E-state index in [9.17, 15) is 14.4 Å². The van der Waals surface area contributed by atoms with Crippen molar-refractivity contribution in [2.45, 2.75) is 32.4 Å². The Labute approximate surface area is 150 Å². The van der Waals surface area contributed by atoms with E-state index in [1.807, 2.05) is 6.07 Å². The number of hydrogen-bond acceptors (Lipinski definition) is 6. The van der Waals surface area contributed by atoms with Crippen LogP contribution in [0.2, 0.25) is 0 Å². The minimum atomic E-state index is -0.926. The predicted octanol–water partition coefficient (Wildman–Crippen LogP) is 1.09. The molecule has 0 aliphatic heterocycles. The number of likely N-dealkylation sites (N-methyl/N-ethyl adjacent to an activating group) is 1. The minimum Gasteiger partial charge on any atom is -0.452 e. The Bertz CT molecular complexity index is 900. The number of aryl methyl sites for hydroxylation is 1. The zero-order chi connectivity index (χ0) is 19.1. The number of fused-ring (bicyclic) bond motifs is 1. The molecule has 0 saturated carbocycles. The number of benzene rings is 1. The standard InChI is InChI=1S/C18H20N4O4/c1-13(18(25)21(2)10-5-9-19)26-17(24)8-11-22-15-7-4-3-6-14(15)16(23)12-20-22/h3-4,6-7,12-13H,5,8,10-11H2,1-2H3/t13-/m1/s1. The Morgan fingerprint density at radius 2 is 2.12 bits per heavy atom. The first-order valence-corrected chi connectivity index (χ1v) is 8.20. The van der Waals surface area contributed by atoms with Gasteiger partial charge in [0.15, 0.2) is 6.10 Å². The molecule has 0 N–H and O–H groups in total. The zero-order valence-corrected chi connectivity index (χ0v) is 14.7. The highest BCUT2D eigenvalue weighted by Gasteiger charge is 2.21. The summed E-state index contributed by atoms with van der Waals surface area (Å²) >= 11 is 0. The molecule has 26 heavy (non-hydrogen) atoms. The van der Waals surface area contributed by atoms with E-state index in [2.05, 4.69) is 5.10 Å². The van der Waals surface area contributed by atoms with Gasteiger partial charge in [0, 0.05) is 19.0 Å². The molecule has 1 amide bonds. The van der Waals surface area contributed by atoms with Crippen molar-refractivity contribution < 1.29 is 14.3 Å². The molecular weight excluding hydrogens is 336 g/mol. The first kappa shape index (κ1) is 19.1. The topological polar surface area (TPSA) is 105 Å². The van der Waals surface area contributed by atoms with Crippen LogP contribution >= 0.6 is 0 Å². The molecule has 1 heterocycles. The molecule has 1 aromatic heterocycles. The fourth-order valence-corrected chi connectivity index (χ4v) is 2.48. The van der Waals surface area contributed by atoms with E-state index in [4.69, 9.17) is 10.00 Å². The SMILES string of the molecule is C[C@@H](OC(=O)CCn1ncc(=O)c2ccccc21)C(=O)N(C)CCC#N. The van der Waals surface area contributed by atoms with Crippen molar-refractivity contribution in [3.63, 3.8) is 0 Å². The fourth-order valence-electron chi connectivity index (χ4n) is 2.48. The number of carbonyl (C=O) groups excluding carboxylic acids is 2. The lowest BCUT2D eigenvalue weighted by Gasteiger charge is -2.20. The van der Waals surface area contributed by atoms with Crippen molar-refractivity contribution in [2.24, 2.45) is 0 Å². The first-order valence-electron chi connectivity index (χ1n) is 8.20. The number of nitriles is 1. The van der Waals surface area contributed by atoms with E-state index in [0.29, 0.717) is 10.9 Å². The maximum absolute atomic E-state index is 12.1. The molecular formula is C18H20N4O4. The number of hydrogen-bond donors (Lipinski definition) is 0. The molecule has 2 aromatic rings. The highest BCUT2D eigenvalue weighted by molar-refractivity contribution is 5.83. The van der Waals surface area contributed by atoms with Gasteiger partial charge in [-0.1, -0.05) is 12.1 Å². The Hall–Kier alpha value is -3.21. The second-order valence-corrected chi connectivity index (χ2v) is 5.80. The number of ether oxygens (including phenoxy) is 1. The van der Waals surface area contributed by atoms with E-state index < -0.39 is 12.1 Å². The average Bonchev–Trinajstić information content (AvgIpc) is 2.65.